The fraction of sp³-hybridized carbons (Fsp3) is 0.318. The number of H-pyrrole nitrogens is 1. The highest BCUT2D eigenvalue weighted by Gasteiger charge is 2.29. The average Bonchev–Trinajstić information content (AvgIpc) is 3.59. The minimum Gasteiger partial charge on any atom is -0.460 e. The maximum atomic E-state index is 12.7. The molecule has 0 atom stereocenters. The molecule has 34 heavy (non-hydrogen) atoms. The van der Waals surface area contributed by atoms with Crippen molar-refractivity contribution < 1.29 is 14.3 Å². The number of ether oxygens (including phenoxy) is 1. The molecule has 0 radical (unpaired) electrons. The van der Waals surface area contributed by atoms with Crippen molar-refractivity contribution in [2.75, 3.05) is 35.0 Å². The number of aryl methyl sites for hydroxylation is 1. The molecule has 1 fully saturated rings. The number of nitrogens with zero attached hydrogens (tertiary/aromatic N) is 3. The fourth-order valence-electron chi connectivity index (χ4n) is 2.94. The molecule has 10 nitrogen and oxygen atoms in total. The summed E-state index contributed by atoms with van der Waals surface area (Å²) in [7, 11) is 0. The number of rotatable bonds is 10. The number of hydrogen-bond acceptors (Lipinski definition) is 10. The summed E-state index contributed by atoms with van der Waals surface area (Å²) in [6.45, 7) is 2.12. The lowest BCUT2D eigenvalue weighted by atomic mass is 10.3. The molecule has 1 aliphatic carbocycles. The van der Waals surface area contributed by atoms with Gasteiger partial charge in [-0.25, -0.2) is 14.8 Å². The largest absolute Gasteiger partial charge is 0.460 e. The van der Waals surface area contributed by atoms with Crippen LogP contribution in [0, 0.1) is 12.8 Å². The summed E-state index contributed by atoms with van der Waals surface area (Å²) in [6, 6.07) is 9.15. The van der Waals surface area contributed by atoms with E-state index < -0.39 is 5.97 Å². The Kier molecular flexibility index (Phi) is 7.58. The molecule has 1 aliphatic rings. The molecule has 0 saturated heterocycles. The molecule has 0 aliphatic heterocycles. The van der Waals surface area contributed by atoms with Gasteiger partial charge < -0.3 is 21.1 Å². The minimum absolute atomic E-state index is 0.0123. The van der Waals surface area contributed by atoms with Crippen molar-refractivity contribution in [2.45, 2.75) is 29.8 Å². The number of nitrogens with two attached hydrogens (primary N) is 1. The molecule has 12 heteroatoms. The monoisotopic (exact) mass is 499 g/mol. The summed E-state index contributed by atoms with van der Waals surface area (Å²) < 4.78 is 5.31. The third-order valence-corrected chi connectivity index (χ3v) is 6.32. The average molecular weight is 500 g/mol. The van der Waals surface area contributed by atoms with Gasteiger partial charge in [-0.3, -0.25) is 9.89 Å². The van der Waals surface area contributed by atoms with E-state index in [2.05, 4.69) is 30.8 Å². The van der Waals surface area contributed by atoms with Gasteiger partial charge in [0.2, 0.25) is 5.91 Å². The molecule has 4 rings (SSSR count). The molecule has 0 spiro atoms. The molecular formula is C22H25N7O3S2. The predicted octanol–water partition coefficient (Wildman–Crippen LogP) is 3.85. The number of nitrogens with one attached hydrogen (secondary N) is 3. The van der Waals surface area contributed by atoms with Crippen molar-refractivity contribution in [1.82, 2.24) is 20.2 Å². The van der Waals surface area contributed by atoms with Gasteiger partial charge in [-0.1, -0.05) is 0 Å². The van der Waals surface area contributed by atoms with Crippen LogP contribution in [0.15, 0.2) is 40.4 Å². The number of aromatic nitrogens is 4. The van der Waals surface area contributed by atoms with E-state index in [1.54, 1.807) is 17.8 Å². The Bertz CT molecular complexity index is 1180. The van der Waals surface area contributed by atoms with Gasteiger partial charge >= 0.3 is 5.97 Å². The quantitative estimate of drug-likeness (QED) is 0.184. The van der Waals surface area contributed by atoms with Crippen LogP contribution < -0.4 is 16.4 Å². The molecule has 0 unspecified atom stereocenters. The number of hydrogen-bond donors (Lipinski definition) is 4. The number of nitrogen functional groups attached to an aromatic ring is 1. The summed E-state index contributed by atoms with van der Waals surface area (Å²) in [5, 5.41) is 13.2. The normalized spacial score (nSPS) is 12.9. The molecule has 1 aromatic carbocycles. The Morgan fingerprint density at radius 3 is 2.65 bits per heavy atom. The van der Waals surface area contributed by atoms with Crippen LogP contribution >= 0.6 is 23.5 Å². The van der Waals surface area contributed by atoms with Gasteiger partial charge in [-0.05, 0) is 62.0 Å². The highest BCUT2D eigenvalue weighted by atomic mass is 32.2. The summed E-state index contributed by atoms with van der Waals surface area (Å²) >= 11 is 2.83. The number of carbonyl (C=O) groups excluding carboxylic acids is 2. The second kappa shape index (κ2) is 10.8. The van der Waals surface area contributed by atoms with Crippen LogP contribution in [-0.2, 0) is 9.53 Å². The highest BCUT2D eigenvalue weighted by Crippen LogP contribution is 2.33. The summed E-state index contributed by atoms with van der Waals surface area (Å²) in [6.07, 6.45) is 3.83. The molecule has 3 aromatic rings. The molecule has 178 valence electrons. The third kappa shape index (κ3) is 6.20. The number of anilines is 4. The first-order chi connectivity index (χ1) is 16.4. The van der Waals surface area contributed by atoms with Crippen LogP contribution in [0.5, 0.6) is 0 Å². The van der Waals surface area contributed by atoms with E-state index in [9.17, 15) is 9.59 Å². The SMILES string of the molecule is CSCCOC(=O)c1nc(Sc2ccc(NC(=O)C3CC3)cc2)nc(Nc2cc(C)[nH]n2)c1N. The molecule has 0 bridgehead atoms. The van der Waals surface area contributed by atoms with E-state index in [0.29, 0.717) is 16.7 Å². The molecule has 2 aromatic heterocycles. The van der Waals surface area contributed by atoms with Gasteiger partial charge in [0.1, 0.15) is 12.3 Å². The third-order valence-electron chi connectivity index (χ3n) is 4.87. The Morgan fingerprint density at radius 2 is 2.00 bits per heavy atom. The first-order valence-electron chi connectivity index (χ1n) is 10.6. The van der Waals surface area contributed by atoms with Crippen LogP contribution in [-0.4, -0.2) is 50.7 Å². The van der Waals surface area contributed by atoms with Crippen LogP contribution in [0.25, 0.3) is 0 Å². The first-order valence-corrected chi connectivity index (χ1v) is 12.9. The Hall–Kier alpha value is -3.25. The number of benzene rings is 1. The van der Waals surface area contributed by atoms with Crippen LogP contribution in [0.3, 0.4) is 0 Å². The number of amides is 1. The summed E-state index contributed by atoms with van der Waals surface area (Å²) in [5.74, 6) is 1.01. The lowest BCUT2D eigenvalue weighted by Crippen LogP contribution is -2.15. The maximum Gasteiger partial charge on any atom is 0.359 e. The van der Waals surface area contributed by atoms with Crippen LogP contribution in [0.2, 0.25) is 0 Å². The van der Waals surface area contributed by atoms with E-state index in [4.69, 9.17) is 10.5 Å². The lowest BCUT2D eigenvalue weighted by molar-refractivity contribution is -0.117. The Balaban J connectivity index is 1.55. The van der Waals surface area contributed by atoms with Crippen molar-refractivity contribution in [2.24, 2.45) is 5.92 Å². The lowest BCUT2D eigenvalue weighted by Gasteiger charge is -2.12. The second-order valence-electron chi connectivity index (χ2n) is 7.70. The zero-order valence-electron chi connectivity index (χ0n) is 18.8. The Morgan fingerprint density at radius 1 is 1.24 bits per heavy atom. The van der Waals surface area contributed by atoms with Crippen LogP contribution in [0.1, 0.15) is 29.0 Å². The standard InChI is InChI=1S/C22H25N7O3S2/c1-12-11-16(29-28-12)25-19-17(23)18(21(31)32-9-10-33-2)26-22(27-19)34-15-7-5-14(6-8-15)24-20(30)13-3-4-13/h5-8,11,13H,3-4,9-10,23H2,1-2H3,(H,24,30)(H2,25,26,27,28,29). The summed E-state index contributed by atoms with van der Waals surface area (Å²) in [4.78, 5) is 34.3. The number of aromatic amines is 1. The van der Waals surface area contributed by atoms with Gasteiger partial charge in [0.25, 0.3) is 0 Å². The molecular weight excluding hydrogens is 474 g/mol. The highest BCUT2D eigenvalue weighted by molar-refractivity contribution is 7.99. The first kappa shape index (κ1) is 23.9. The predicted molar refractivity (Wildman–Crippen MR) is 134 cm³/mol. The van der Waals surface area contributed by atoms with E-state index in [-0.39, 0.29) is 35.6 Å². The Labute approximate surface area is 205 Å². The second-order valence-corrected chi connectivity index (χ2v) is 9.72. The van der Waals surface area contributed by atoms with Gasteiger partial charge in [0.15, 0.2) is 22.5 Å². The zero-order chi connectivity index (χ0) is 24.1. The van der Waals surface area contributed by atoms with Crippen molar-refractivity contribution in [3.63, 3.8) is 0 Å². The van der Waals surface area contributed by atoms with E-state index in [0.717, 1.165) is 29.1 Å². The number of carbonyl (C=O) groups is 2. The van der Waals surface area contributed by atoms with Crippen molar-refractivity contribution in [1.29, 1.82) is 0 Å². The minimum atomic E-state index is -0.616. The smallest absolute Gasteiger partial charge is 0.359 e. The van der Waals surface area contributed by atoms with E-state index >= 15 is 0 Å². The van der Waals surface area contributed by atoms with Gasteiger partial charge in [-0.15, -0.1) is 0 Å². The fourth-order valence-corrected chi connectivity index (χ4v) is 3.94. The van der Waals surface area contributed by atoms with Gasteiger partial charge in [-0.2, -0.15) is 16.9 Å². The molecule has 1 saturated carbocycles. The molecule has 2 heterocycles. The topological polar surface area (TPSA) is 148 Å². The number of esters is 1. The molecule has 5 N–H and O–H groups in total. The maximum absolute atomic E-state index is 12.7. The summed E-state index contributed by atoms with van der Waals surface area (Å²) in [5.41, 5.74) is 7.88. The van der Waals surface area contributed by atoms with Crippen molar-refractivity contribution in [3.8, 4) is 0 Å². The molecule has 1 amide bonds. The van der Waals surface area contributed by atoms with Crippen molar-refractivity contribution in [3.05, 3.63) is 41.7 Å². The van der Waals surface area contributed by atoms with Crippen LogP contribution in [0.4, 0.5) is 23.0 Å². The van der Waals surface area contributed by atoms with E-state index in [1.807, 2.05) is 37.4 Å². The van der Waals surface area contributed by atoms with Gasteiger partial charge in [0, 0.05) is 34.0 Å². The number of thioether (sulfide) groups is 1. The van der Waals surface area contributed by atoms with Gasteiger partial charge in [0.05, 0.1) is 0 Å². The van der Waals surface area contributed by atoms with E-state index in [1.165, 1.54) is 11.8 Å². The zero-order valence-corrected chi connectivity index (χ0v) is 20.4. The van der Waals surface area contributed by atoms with Crippen molar-refractivity contribution >= 4 is 58.4 Å².